The summed E-state index contributed by atoms with van der Waals surface area (Å²) >= 11 is 1.75. The van der Waals surface area contributed by atoms with Gasteiger partial charge in [-0.1, -0.05) is 6.07 Å². The molecule has 2 aliphatic heterocycles. The van der Waals surface area contributed by atoms with Crippen LogP contribution in [-0.4, -0.2) is 75.6 Å². The minimum atomic E-state index is -5.08. The lowest BCUT2D eigenvalue weighted by Crippen LogP contribution is -2.29. The quantitative estimate of drug-likeness (QED) is 0.438. The van der Waals surface area contributed by atoms with E-state index >= 15 is 0 Å². The number of pyridine rings is 1. The molecular weight excluding hydrogens is 560 g/mol. The predicted octanol–water partition coefficient (Wildman–Crippen LogP) is 3.71. The first-order chi connectivity index (χ1) is 18.1. The van der Waals surface area contributed by atoms with Crippen LogP contribution < -0.4 is 5.32 Å². The van der Waals surface area contributed by atoms with Crippen molar-refractivity contribution in [2.45, 2.75) is 50.5 Å². The van der Waals surface area contributed by atoms with Crippen LogP contribution in [0, 0.1) is 5.92 Å². The highest BCUT2D eigenvalue weighted by molar-refractivity contribution is 7.07. The van der Waals surface area contributed by atoms with Crippen molar-refractivity contribution in [2.24, 2.45) is 5.92 Å². The molecule has 0 radical (unpaired) electrons. The van der Waals surface area contributed by atoms with Crippen molar-refractivity contribution < 1.29 is 55.7 Å². The molecule has 2 saturated heterocycles. The summed E-state index contributed by atoms with van der Waals surface area (Å²) in [6.07, 6.45) is -4.86. The van der Waals surface area contributed by atoms with E-state index in [9.17, 15) is 31.1 Å². The second-order valence-corrected chi connectivity index (χ2v) is 9.35. The van der Waals surface area contributed by atoms with Crippen LogP contribution in [0.1, 0.15) is 24.0 Å². The number of likely N-dealkylation sites (tertiary alicyclic amines) is 1. The number of carbonyl (C=O) groups is 3. The minimum Gasteiger partial charge on any atom is -0.475 e. The summed E-state index contributed by atoms with van der Waals surface area (Å²) in [5.41, 5.74) is 2.40. The molecule has 216 valence electrons. The van der Waals surface area contributed by atoms with Crippen molar-refractivity contribution in [2.75, 3.05) is 13.1 Å². The summed E-state index contributed by atoms with van der Waals surface area (Å²) in [5, 5.41) is 21.6. The zero-order valence-electron chi connectivity index (χ0n) is 20.1. The van der Waals surface area contributed by atoms with Crippen LogP contribution in [-0.2, 0) is 32.2 Å². The van der Waals surface area contributed by atoms with E-state index in [1.807, 2.05) is 12.1 Å². The Labute approximate surface area is 222 Å². The fourth-order valence-electron chi connectivity index (χ4n) is 3.83. The number of aromatic nitrogens is 1. The predicted molar refractivity (Wildman–Crippen MR) is 124 cm³/mol. The number of alkyl halides is 6. The summed E-state index contributed by atoms with van der Waals surface area (Å²) in [5.74, 6) is -4.89. The highest BCUT2D eigenvalue weighted by Gasteiger charge is 2.42. The van der Waals surface area contributed by atoms with Crippen LogP contribution >= 0.6 is 11.3 Å². The van der Waals surface area contributed by atoms with E-state index in [1.165, 1.54) is 5.56 Å². The highest BCUT2D eigenvalue weighted by Crippen LogP contribution is 2.35. The van der Waals surface area contributed by atoms with Gasteiger partial charge >= 0.3 is 24.3 Å². The lowest BCUT2D eigenvalue weighted by atomic mass is 10.0. The van der Waals surface area contributed by atoms with Crippen LogP contribution in [0.2, 0.25) is 0 Å². The first kappa shape index (κ1) is 32.0. The van der Waals surface area contributed by atoms with Gasteiger partial charge in [0.25, 0.3) is 0 Å². The molecule has 2 fully saturated rings. The Bertz CT molecular complexity index is 1030. The van der Waals surface area contributed by atoms with Crippen molar-refractivity contribution in [1.29, 1.82) is 0 Å². The number of amides is 1. The number of aliphatic carboxylic acids is 2. The maximum Gasteiger partial charge on any atom is 0.490 e. The van der Waals surface area contributed by atoms with Gasteiger partial charge in [-0.2, -0.15) is 37.7 Å². The normalized spacial score (nSPS) is 20.6. The van der Waals surface area contributed by atoms with Crippen LogP contribution in [0.3, 0.4) is 0 Å². The third-order valence-electron chi connectivity index (χ3n) is 5.49. The molecule has 3 N–H and O–H groups in total. The van der Waals surface area contributed by atoms with E-state index in [4.69, 9.17) is 24.5 Å². The van der Waals surface area contributed by atoms with E-state index in [1.54, 1.807) is 23.7 Å². The van der Waals surface area contributed by atoms with Crippen molar-refractivity contribution >= 4 is 29.2 Å². The van der Waals surface area contributed by atoms with Crippen molar-refractivity contribution in [1.82, 2.24) is 15.2 Å². The second kappa shape index (κ2) is 14.2. The molecular formula is C23H25F6N3O6S. The van der Waals surface area contributed by atoms with Crippen LogP contribution in [0.4, 0.5) is 26.3 Å². The molecule has 4 rings (SSSR count). The zero-order chi connectivity index (χ0) is 29.2. The first-order valence-electron chi connectivity index (χ1n) is 11.3. The third kappa shape index (κ3) is 11.6. The molecule has 0 aromatic carbocycles. The Morgan fingerprint density at radius 2 is 1.69 bits per heavy atom. The number of nitrogens with one attached hydrogen (secondary N) is 1. The molecule has 16 heteroatoms. The summed E-state index contributed by atoms with van der Waals surface area (Å²) in [7, 11) is 0. The molecule has 9 nitrogen and oxygen atoms in total. The number of halogens is 6. The monoisotopic (exact) mass is 585 g/mol. The van der Waals surface area contributed by atoms with Gasteiger partial charge in [0, 0.05) is 44.5 Å². The molecule has 0 unspecified atom stereocenters. The summed E-state index contributed by atoms with van der Waals surface area (Å²) < 4.78 is 69.6. The topological polar surface area (TPSA) is 129 Å². The zero-order valence-corrected chi connectivity index (χ0v) is 20.9. The Balaban J connectivity index is 0.000000317. The Morgan fingerprint density at radius 3 is 2.18 bits per heavy atom. The molecule has 4 heterocycles. The molecule has 0 aliphatic carbocycles. The lowest BCUT2D eigenvalue weighted by Gasteiger charge is -2.18. The summed E-state index contributed by atoms with van der Waals surface area (Å²) in [4.78, 5) is 36.5. The Kier molecular flexibility index (Phi) is 11.7. The minimum absolute atomic E-state index is 0.0592. The van der Waals surface area contributed by atoms with Gasteiger partial charge in [0.05, 0.1) is 18.6 Å². The van der Waals surface area contributed by atoms with E-state index in [0.717, 1.165) is 31.6 Å². The van der Waals surface area contributed by atoms with E-state index in [2.05, 4.69) is 32.0 Å². The molecule has 3 atom stereocenters. The number of rotatable bonds is 6. The van der Waals surface area contributed by atoms with Gasteiger partial charge < -0.3 is 20.3 Å². The number of hydrogen-bond acceptors (Lipinski definition) is 7. The third-order valence-corrected chi connectivity index (χ3v) is 6.22. The highest BCUT2D eigenvalue weighted by atomic mass is 32.1. The van der Waals surface area contributed by atoms with Gasteiger partial charge in [0.2, 0.25) is 5.91 Å². The smallest absolute Gasteiger partial charge is 0.475 e. The van der Waals surface area contributed by atoms with Gasteiger partial charge in [-0.25, -0.2) is 9.59 Å². The molecule has 2 aromatic rings. The first-order valence-corrected chi connectivity index (χ1v) is 12.2. The Morgan fingerprint density at radius 1 is 1.05 bits per heavy atom. The summed E-state index contributed by atoms with van der Waals surface area (Å²) in [6.45, 7) is 3.60. The van der Waals surface area contributed by atoms with Crippen LogP contribution in [0.5, 0.6) is 0 Å². The fraction of sp³-hybridized carbons (Fsp3) is 0.478. The number of nitrogens with zero attached hydrogens (tertiary/aromatic N) is 2. The maximum atomic E-state index is 12.1. The number of thiophene rings is 1. The molecule has 39 heavy (non-hydrogen) atoms. The van der Waals surface area contributed by atoms with Crippen molar-refractivity contribution in [3.8, 4) is 0 Å². The standard InChI is InChI=1S/C19H23N3O2S.2C2HF3O2/c23-19(21-9-14-2-1-4-20-8-14)7-17-6-16-11-22(12-18(16)24-17)10-15-3-5-25-13-15;2*3-2(4,5)1(6)7/h1-5,8,13,16-18H,6-7,9-12H2,(H,21,23);2*(H,6,7)/t16-,17-,18+;;/m0../s1. The van der Waals surface area contributed by atoms with Gasteiger partial charge in [-0.3, -0.25) is 14.7 Å². The average Bonchev–Trinajstić information content (AvgIpc) is 3.56. The molecule has 2 aliphatic rings. The number of carboxylic acids is 2. The maximum absolute atomic E-state index is 12.1. The van der Waals surface area contributed by atoms with E-state index in [0.29, 0.717) is 18.9 Å². The molecule has 0 bridgehead atoms. The molecule has 0 saturated carbocycles. The number of fused-ring (bicyclic) bond motifs is 1. The van der Waals surface area contributed by atoms with Crippen molar-refractivity contribution in [3.05, 3.63) is 52.5 Å². The fourth-order valence-corrected chi connectivity index (χ4v) is 4.49. The largest absolute Gasteiger partial charge is 0.490 e. The number of carboxylic acid groups (broad SMARTS) is 2. The van der Waals surface area contributed by atoms with E-state index in [-0.39, 0.29) is 18.1 Å². The van der Waals surface area contributed by atoms with Gasteiger partial charge in [0.15, 0.2) is 0 Å². The summed E-state index contributed by atoms with van der Waals surface area (Å²) in [6, 6.07) is 6.03. The average molecular weight is 586 g/mol. The van der Waals surface area contributed by atoms with E-state index < -0.39 is 24.3 Å². The molecule has 2 aromatic heterocycles. The lowest BCUT2D eigenvalue weighted by molar-refractivity contribution is -0.193. The second-order valence-electron chi connectivity index (χ2n) is 8.57. The van der Waals surface area contributed by atoms with Gasteiger partial charge in [-0.15, -0.1) is 0 Å². The number of ether oxygens (including phenoxy) is 1. The number of carbonyl (C=O) groups excluding carboxylic acids is 1. The number of hydrogen-bond donors (Lipinski definition) is 3. The van der Waals surface area contributed by atoms with Crippen LogP contribution in [0.25, 0.3) is 0 Å². The van der Waals surface area contributed by atoms with Gasteiger partial charge in [0.1, 0.15) is 0 Å². The SMILES string of the molecule is O=C(C[C@@H]1C[C@H]2CN(Cc3ccsc3)C[C@H]2O1)NCc1cccnc1.O=C(O)C(F)(F)F.O=C(O)C(F)(F)F. The van der Waals surface area contributed by atoms with Gasteiger partial charge in [-0.05, 0) is 40.4 Å². The molecule has 0 spiro atoms. The Hall–Kier alpha value is -3.24. The van der Waals surface area contributed by atoms with Crippen molar-refractivity contribution in [3.63, 3.8) is 0 Å². The van der Waals surface area contributed by atoms with Crippen LogP contribution in [0.15, 0.2) is 41.4 Å². The molecule has 1 amide bonds.